The molecular weight excluding hydrogens is 214 g/mol. The summed E-state index contributed by atoms with van der Waals surface area (Å²) in [4.78, 5) is 0. The Bertz CT molecular complexity index is 415. The van der Waals surface area contributed by atoms with Gasteiger partial charge in [-0.05, 0) is 24.8 Å². The zero-order valence-corrected chi connectivity index (χ0v) is 9.75. The van der Waals surface area contributed by atoms with Gasteiger partial charge in [0.15, 0.2) is 0 Å². The second-order valence-electron chi connectivity index (χ2n) is 4.98. The summed E-state index contributed by atoms with van der Waals surface area (Å²) in [6, 6.07) is 10.2. The molecule has 1 aromatic rings. The zero-order valence-electron chi connectivity index (χ0n) is 9.75. The van der Waals surface area contributed by atoms with Gasteiger partial charge in [-0.25, -0.2) is 0 Å². The highest BCUT2D eigenvalue weighted by atomic mass is 16.5. The molecule has 0 saturated heterocycles. The van der Waals surface area contributed by atoms with Crippen LogP contribution in [0.1, 0.15) is 24.8 Å². The Balaban J connectivity index is 1.61. The van der Waals surface area contributed by atoms with Gasteiger partial charge >= 0.3 is 0 Å². The highest BCUT2D eigenvalue weighted by Gasteiger charge is 2.46. The van der Waals surface area contributed by atoms with Gasteiger partial charge in [-0.15, -0.1) is 0 Å². The predicted octanol–water partition coefficient (Wildman–Crippen LogP) is 2.83. The van der Waals surface area contributed by atoms with E-state index in [1.165, 1.54) is 5.56 Å². The summed E-state index contributed by atoms with van der Waals surface area (Å²) >= 11 is 0. The number of benzene rings is 1. The van der Waals surface area contributed by atoms with E-state index >= 15 is 0 Å². The van der Waals surface area contributed by atoms with Crippen molar-refractivity contribution in [2.45, 2.75) is 32.0 Å². The largest absolute Gasteiger partial charge is 0.411 e. The maximum atomic E-state index is 8.98. The molecule has 0 radical (unpaired) electrons. The van der Waals surface area contributed by atoms with Gasteiger partial charge in [-0.1, -0.05) is 35.5 Å². The number of nitrogens with zero attached hydrogens (tertiary/aromatic N) is 1. The summed E-state index contributed by atoms with van der Waals surface area (Å²) in [5.74, 6) is 0.819. The third kappa shape index (κ3) is 1.95. The Hall–Kier alpha value is -1.35. The number of oxime groups is 1. The van der Waals surface area contributed by atoms with Crippen molar-refractivity contribution < 1.29 is 9.94 Å². The number of ether oxygens (including phenoxy) is 1. The fourth-order valence-corrected chi connectivity index (χ4v) is 3.16. The standard InChI is InChI=1S/C14H17NO2/c16-15-14-11-6-7-12(14)13(8-11)17-9-10-4-2-1-3-5-10/h1-5,11-13,16H,6-9H2. The molecule has 90 valence electrons. The van der Waals surface area contributed by atoms with Gasteiger partial charge in [0, 0.05) is 11.8 Å². The first kappa shape index (κ1) is 10.8. The minimum absolute atomic E-state index is 0.250. The molecule has 3 atom stereocenters. The van der Waals surface area contributed by atoms with Gasteiger partial charge in [0.05, 0.1) is 18.4 Å². The van der Waals surface area contributed by atoms with Crippen LogP contribution in [0.4, 0.5) is 0 Å². The number of hydrogen-bond donors (Lipinski definition) is 1. The van der Waals surface area contributed by atoms with Crippen LogP contribution in [-0.2, 0) is 11.3 Å². The lowest BCUT2D eigenvalue weighted by Gasteiger charge is -2.21. The average Bonchev–Trinajstić information content (AvgIpc) is 2.94. The van der Waals surface area contributed by atoms with E-state index in [9.17, 15) is 0 Å². The third-order valence-electron chi connectivity index (χ3n) is 4.01. The fourth-order valence-electron chi connectivity index (χ4n) is 3.16. The maximum absolute atomic E-state index is 8.98. The van der Waals surface area contributed by atoms with E-state index in [2.05, 4.69) is 17.3 Å². The van der Waals surface area contributed by atoms with Crippen molar-refractivity contribution in [2.75, 3.05) is 0 Å². The van der Waals surface area contributed by atoms with E-state index in [1.807, 2.05) is 18.2 Å². The SMILES string of the molecule is ON=C1C2CCC1C(OCc1ccccc1)C2. The molecule has 1 N–H and O–H groups in total. The number of rotatable bonds is 3. The molecule has 2 aliphatic carbocycles. The minimum atomic E-state index is 0.250. The summed E-state index contributed by atoms with van der Waals surface area (Å²) in [7, 11) is 0. The quantitative estimate of drug-likeness (QED) is 0.642. The Morgan fingerprint density at radius 3 is 2.76 bits per heavy atom. The molecule has 0 amide bonds. The maximum Gasteiger partial charge on any atom is 0.0720 e. The van der Waals surface area contributed by atoms with Crippen LogP contribution in [0.25, 0.3) is 0 Å². The number of fused-ring (bicyclic) bond motifs is 2. The van der Waals surface area contributed by atoms with Crippen molar-refractivity contribution >= 4 is 5.71 Å². The van der Waals surface area contributed by atoms with Gasteiger partial charge in [-0.3, -0.25) is 0 Å². The highest BCUT2D eigenvalue weighted by Crippen LogP contribution is 2.44. The monoisotopic (exact) mass is 231 g/mol. The lowest BCUT2D eigenvalue weighted by molar-refractivity contribution is 0.00900. The normalized spacial score (nSPS) is 33.4. The molecule has 2 aliphatic rings. The third-order valence-corrected chi connectivity index (χ3v) is 4.01. The average molecular weight is 231 g/mol. The second-order valence-corrected chi connectivity index (χ2v) is 4.98. The van der Waals surface area contributed by atoms with Crippen LogP contribution < -0.4 is 0 Å². The van der Waals surface area contributed by atoms with Crippen molar-refractivity contribution in [1.82, 2.24) is 0 Å². The first-order valence-electron chi connectivity index (χ1n) is 6.26. The number of hydrogen-bond acceptors (Lipinski definition) is 3. The van der Waals surface area contributed by atoms with Gasteiger partial charge in [0.1, 0.15) is 0 Å². The molecule has 17 heavy (non-hydrogen) atoms. The van der Waals surface area contributed by atoms with Crippen molar-refractivity contribution in [3.8, 4) is 0 Å². The van der Waals surface area contributed by atoms with Crippen molar-refractivity contribution in [2.24, 2.45) is 17.0 Å². The molecule has 3 rings (SSSR count). The van der Waals surface area contributed by atoms with E-state index in [-0.39, 0.29) is 6.10 Å². The fraction of sp³-hybridized carbons (Fsp3) is 0.500. The van der Waals surface area contributed by atoms with Crippen LogP contribution in [0.2, 0.25) is 0 Å². The summed E-state index contributed by atoms with van der Waals surface area (Å²) < 4.78 is 5.96. The lowest BCUT2D eigenvalue weighted by atomic mass is 9.98. The van der Waals surface area contributed by atoms with Gasteiger partial charge in [0.25, 0.3) is 0 Å². The predicted molar refractivity (Wildman–Crippen MR) is 65.1 cm³/mol. The Morgan fingerprint density at radius 2 is 2.06 bits per heavy atom. The topological polar surface area (TPSA) is 41.8 Å². The smallest absolute Gasteiger partial charge is 0.0720 e. The summed E-state index contributed by atoms with van der Waals surface area (Å²) in [6.07, 6.45) is 3.55. The second kappa shape index (κ2) is 4.49. The van der Waals surface area contributed by atoms with E-state index in [4.69, 9.17) is 9.94 Å². The van der Waals surface area contributed by atoms with Gasteiger partial charge in [0.2, 0.25) is 0 Å². The summed E-state index contributed by atoms with van der Waals surface area (Å²) in [6.45, 7) is 0.660. The molecule has 3 unspecified atom stereocenters. The van der Waals surface area contributed by atoms with Gasteiger partial charge < -0.3 is 9.94 Å². The van der Waals surface area contributed by atoms with Crippen molar-refractivity contribution in [3.63, 3.8) is 0 Å². The molecule has 2 fully saturated rings. The molecule has 3 nitrogen and oxygen atoms in total. The molecule has 0 aliphatic heterocycles. The van der Waals surface area contributed by atoms with Crippen LogP contribution in [-0.4, -0.2) is 17.0 Å². The summed E-state index contributed by atoms with van der Waals surface area (Å²) in [5.41, 5.74) is 2.18. The minimum Gasteiger partial charge on any atom is -0.411 e. The highest BCUT2D eigenvalue weighted by molar-refractivity contribution is 5.93. The van der Waals surface area contributed by atoms with E-state index in [1.54, 1.807) is 0 Å². The first-order chi connectivity index (χ1) is 8.38. The van der Waals surface area contributed by atoms with Crippen molar-refractivity contribution in [1.29, 1.82) is 0 Å². The molecule has 0 spiro atoms. The molecule has 3 heteroatoms. The van der Waals surface area contributed by atoms with E-state index < -0.39 is 0 Å². The van der Waals surface area contributed by atoms with Crippen LogP contribution >= 0.6 is 0 Å². The van der Waals surface area contributed by atoms with Crippen molar-refractivity contribution in [3.05, 3.63) is 35.9 Å². The molecule has 0 heterocycles. The van der Waals surface area contributed by atoms with E-state index in [0.29, 0.717) is 18.4 Å². The van der Waals surface area contributed by atoms with Crippen LogP contribution in [0, 0.1) is 11.8 Å². The van der Waals surface area contributed by atoms with Crippen LogP contribution in [0.5, 0.6) is 0 Å². The zero-order chi connectivity index (χ0) is 11.7. The molecule has 2 bridgehead atoms. The molecular formula is C14H17NO2. The molecule has 2 saturated carbocycles. The molecule has 1 aromatic carbocycles. The first-order valence-corrected chi connectivity index (χ1v) is 6.26. The van der Waals surface area contributed by atoms with Crippen LogP contribution in [0.3, 0.4) is 0 Å². The lowest BCUT2D eigenvalue weighted by Crippen LogP contribution is -2.21. The van der Waals surface area contributed by atoms with E-state index in [0.717, 1.165) is 25.0 Å². The Labute approximate surface area is 101 Å². The molecule has 0 aromatic heterocycles. The Kier molecular flexibility index (Phi) is 2.85. The van der Waals surface area contributed by atoms with Gasteiger partial charge in [-0.2, -0.15) is 0 Å². The summed E-state index contributed by atoms with van der Waals surface area (Å²) in [5, 5.41) is 12.4. The van der Waals surface area contributed by atoms with Crippen LogP contribution in [0.15, 0.2) is 35.5 Å². The Morgan fingerprint density at radius 1 is 1.24 bits per heavy atom.